The minimum Gasteiger partial charge on any atom is -0.495 e. The van der Waals surface area contributed by atoms with E-state index in [4.69, 9.17) is 32.7 Å². The van der Waals surface area contributed by atoms with Crippen LogP contribution in [-0.2, 0) is 9.59 Å². The second kappa shape index (κ2) is 10.0. The molecule has 35 heavy (non-hydrogen) atoms. The molecule has 8 nitrogen and oxygen atoms in total. The summed E-state index contributed by atoms with van der Waals surface area (Å²) in [6.45, 7) is 0. The highest BCUT2D eigenvalue weighted by Gasteiger charge is 2.40. The van der Waals surface area contributed by atoms with E-state index in [1.54, 1.807) is 6.07 Å². The molecule has 0 aliphatic carbocycles. The van der Waals surface area contributed by atoms with E-state index in [2.05, 4.69) is 5.32 Å². The summed E-state index contributed by atoms with van der Waals surface area (Å²) in [6, 6.07) is 16.6. The fraction of sp³-hybridized carbons (Fsp3) is 0.0400. The molecule has 3 aromatic rings. The van der Waals surface area contributed by atoms with Crippen molar-refractivity contribution < 1.29 is 28.7 Å². The van der Waals surface area contributed by atoms with Gasteiger partial charge in [0.05, 0.1) is 18.4 Å². The molecule has 0 radical (unpaired) electrons. The van der Waals surface area contributed by atoms with Gasteiger partial charge in [-0.05, 0) is 66.7 Å². The molecule has 0 bridgehead atoms. The molecule has 0 atom stereocenters. The van der Waals surface area contributed by atoms with Crippen molar-refractivity contribution in [1.29, 1.82) is 0 Å². The lowest BCUT2D eigenvalue weighted by atomic mass is 10.2. The highest BCUT2D eigenvalue weighted by atomic mass is 35.5. The molecule has 10 heteroatoms. The maximum Gasteiger partial charge on any atom is 0.343 e. The summed E-state index contributed by atoms with van der Waals surface area (Å²) in [7, 11) is 1.40. The van der Waals surface area contributed by atoms with Crippen molar-refractivity contribution in [1.82, 2.24) is 0 Å². The van der Waals surface area contributed by atoms with Crippen molar-refractivity contribution in [2.24, 2.45) is 0 Å². The standard InChI is InChI=1S/C25H16Cl2N2O6/c1-34-20-11-6-16(26)12-19(20)29-23(31)21(27)22(24(29)32)28-17-7-4-15(5-8-17)25(33)35-18-9-2-14(13-30)3-10-18/h2-13,28H,1H3. The summed E-state index contributed by atoms with van der Waals surface area (Å²) in [4.78, 5) is 49.8. The Morgan fingerprint density at radius 3 is 2.26 bits per heavy atom. The lowest BCUT2D eigenvalue weighted by molar-refractivity contribution is -0.120. The van der Waals surface area contributed by atoms with Gasteiger partial charge in [0.25, 0.3) is 11.8 Å². The summed E-state index contributed by atoms with van der Waals surface area (Å²) in [6.07, 6.45) is 0.687. The van der Waals surface area contributed by atoms with Crippen LogP contribution in [0.15, 0.2) is 77.5 Å². The minimum absolute atomic E-state index is 0.135. The Bertz CT molecular complexity index is 1370. The molecule has 0 aromatic heterocycles. The van der Waals surface area contributed by atoms with Crippen LogP contribution < -0.4 is 19.7 Å². The molecular weight excluding hydrogens is 495 g/mol. The first-order chi connectivity index (χ1) is 16.8. The van der Waals surface area contributed by atoms with Crippen LogP contribution >= 0.6 is 23.2 Å². The van der Waals surface area contributed by atoms with Gasteiger partial charge in [0.2, 0.25) is 0 Å². The Morgan fingerprint density at radius 1 is 0.943 bits per heavy atom. The van der Waals surface area contributed by atoms with Crippen LogP contribution in [0.4, 0.5) is 11.4 Å². The number of halogens is 2. The molecule has 0 saturated carbocycles. The quantitative estimate of drug-likeness (QED) is 0.210. The van der Waals surface area contributed by atoms with Crippen molar-refractivity contribution in [2.75, 3.05) is 17.3 Å². The Kier molecular flexibility index (Phi) is 6.86. The van der Waals surface area contributed by atoms with Crippen LogP contribution in [0, 0.1) is 0 Å². The number of methoxy groups -OCH3 is 1. The number of amides is 2. The number of carbonyl (C=O) groups excluding carboxylic acids is 4. The third-order valence-electron chi connectivity index (χ3n) is 5.03. The third kappa shape index (κ3) is 4.89. The summed E-state index contributed by atoms with van der Waals surface area (Å²) in [5.41, 5.74) is 1.13. The molecule has 0 saturated heterocycles. The Labute approximate surface area is 209 Å². The number of rotatable bonds is 7. The summed E-state index contributed by atoms with van der Waals surface area (Å²) < 4.78 is 10.5. The molecule has 0 spiro atoms. The molecule has 3 aromatic carbocycles. The van der Waals surface area contributed by atoms with Gasteiger partial charge in [-0.3, -0.25) is 14.4 Å². The number of esters is 1. The Hall–Kier alpha value is -4.14. The monoisotopic (exact) mass is 510 g/mol. The number of carbonyl (C=O) groups is 4. The molecule has 176 valence electrons. The second-order valence-corrected chi connectivity index (χ2v) is 8.04. The second-order valence-electron chi connectivity index (χ2n) is 7.23. The van der Waals surface area contributed by atoms with Crippen LogP contribution in [0.1, 0.15) is 20.7 Å². The molecule has 0 unspecified atom stereocenters. The zero-order valence-corrected chi connectivity index (χ0v) is 19.6. The highest BCUT2D eigenvalue weighted by molar-refractivity contribution is 6.53. The van der Waals surface area contributed by atoms with E-state index in [9.17, 15) is 19.2 Å². The SMILES string of the molecule is COc1ccc(Cl)cc1N1C(=O)C(Cl)=C(Nc2ccc(C(=O)Oc3ccc(C=O)cc3)cc2)C1=O. The van der Waals surface area contributed by atoms with E-state index >= 15 is 0 Å². The molecular formula is C25H16Cl2N2O6. The summed E-state index contributed by atoms with van der Waals surface area (Å²) in [5.74, 6) is -1.49. The predicted octanol–water partition coefficient (Wildman–Crippen LogP) is 4.82. The van der Waals surface area contributed by atoms with Crippen LogP contribution in [0.3, 0.4) is 0 Å². The zero-order valence-electron chi connectivity index (χ0n) is 18.1. The number of hydrogen-bond donors (Lipinski definition) is 1. The number of benzene rings is 3. The van der Waals surface area contributed by atoms with Gasteiger partial charge >= 0.3 is 5.97 Å². The highest BCUT2D eigenvalue weighted by Crippen LogP contribution is 2.37. The number of imide groups is 1. The molecule has 2 amide bonds. The number of anilines is 2. The number of ether oxygens (including phenoxy) is 2. The molecule has 1 aliphatic heterocycles. The van der Waals surface area contributed by atoms with Crippen molar-refractivity contribution in [3.63, 3.8) is 0 Å². The first-order valence-electron chi connectivity index (χ1n) is 10.1. The normalized spacial score (nSPS) is 13.2. The van der Waals surface area contributed by atoms with Gasteiger partial charge in [-0.15, -0.1) is 0 Å². The average molecular weight is 511 g/mol. The largest absolute Gasteiger partial charge is 0.495 e. The van der Waals surface area contributed by atoms with Gasteiger partial charge in [0, 0.05) is 16.3 Å². The topological polar surface area (TPSA) is 102 Å². The van der Waals surface area contributed by atoms with Crippen molar-refractivity contribution >= 4 is 58.6 Å². The van der Waals surface area contributed by atoms with Crippen molar-refractivity contribution in [3.05, 3.63) is 93.6 Å². The number of nitrogens with zero attached hydrogens (tertiary/aromatic N) is 1. The molecule has 4 rings (SSSR count). The molecule has 1 N–H and O–H groups in total. The molecule has 1 heterocycles. The van der Waals surface area contributed by atoms with E-state index in [1.165, 1.54) is 67.8 Å². The molecule has 0 fully saturated rings. The minimum atomic E-state index is -0.736. The fourth-order valence-electron chi connectivity index (χ4n) is 3.28. The Morgan fingerprint density at radius 2 is 1.63 bits per heavy atom. The van der Waals surface area contributed by atoms with Gasteiger partial charge in [-0.25, -0.2) is 9.69 Å². The van der Waals surface area contributed by atoms with Gasteiger partial charge < -0.3 is 14.8 Å². The van der Waals surface area contributed by atoms with E-state index in [0.717, 1.165) is 4.90 Å². The lowest BCUT2D eigenvalue weighted by Gasteiger charge is -2.18. The van der Waals surface area contributed by atoms with Crippen LogP contribution in [0.25, 0.3) is 0 Å². The molecule has 1 aliphatic rings. The van der Waals surface area contributed by atoms with Gasteiger partial charge in [0.15, 0.2) is 0 Å². The predicted molar refractivity (Wildman–Crippen MR) is 130 cm³/mol. The smallest absolute Gasteiger partial charge is 0.343 e. The van der Waals surface area contributed by atoms with Gasteiger partial charge in [0.1, 0.15) is 28.5 Å². The van der Waals surface area contributed by atoms with Gasteiger partial charge in [-0.2, -0.15) is 0 Å². The first kappa shape index (κ1) is 24.0. The maximum atomic E-state index is 13.0. The first-order valence-corrected chi connectivity index (χ1v) is 10.8. The van der Waals surface area contributed by atoms with E-state index in [1.807, 2.05) is 0 Å². The van der Waals surface area contributed by atoms with Gasteiger partial charge in [-0.1, -0.05) is 23.2 Å². The number of hydrogen-bond acceptors (Lipinski definition) is 7. The summed E-state index contributed by atoms with van der Waals surface area (Å²) >= 11 is 12.2. The third-order valence-corrected chi connectivity index (χ3v) is 5.61. The fourth-order valence-corrected chi connectivity index (χ4v) is 3.66. The number of nitrogens with one attached hydrogen (secondary N) is 1. The van der Waals surface area contributed by atoms with Crippen LogP contribution in [0.5, 0.6) is 11.5 Å². The number of aldehydes is 1. The van der Waals surface area contributed by atoms with E-state index < -0.39 is 17.8 Å². The maximum absolute atomic E-state index is 13.0. The van der Waals surface area contributed by atoms with E-state index in [-0.39, 0.29) is 33.5 Å². The van der Waals surface area contributed by atoms with Crippen molar-refractivity contribution in [2.45, 2.75) is 0 Å². The Balaban J connectivity index is 1.49. The summed E-state index contributed by atoms with van der Waals surface area (Å²) in [5, 5.41) is 2.83. The van der Waals surface area contributed by atoms with Crippen molar-refractivity contribution in [3.8, 4) is 11.5 Å². The van der Waals surface area contributed by atoms with Crippen LogP contribution in [-0.4, -0.2) is 31.2 Å². The zero-order chi connectivity index (χ0) is 25.1. The average Bonchev–Trinajstić information content (AvgIpc) is 3.07. The van der Waals surface area contributed by atoms with Crippen LogP contribution in [0.2, 0.25) is 5.02 Å². The lowest BCUT2D eigenvalue weighted by Crippen LogP contribution is -2.32. The van der Waals surface area contributed by atoms with E-state index in [0.29, 0.717) is 22.6 Å².